The normalized spacial score (nSPS) is 11.9. The molecule has 1 atom stereocenters. The number of amides is 1. The topological polar surface area (TPSA) is 66.9 Å². The summed E-state index contributed by atoms with van der Waals surface area (Å²) in [6, 6.07) is 0.230. The van der Waals surface area contributed by atoms with Gasteiger partial charge in [0.2, 0.25) is 5.91 Å². The van der Waals surface area contributed by atoms with Crippen molar-refractivity contribution in [2.24, 2.45) is 0 Å². The van der Waals surface area contributed by atoms with Crippen LogP contribution in [0.15, 0.2) is 17.0 Å². The third-order valence-electron chi connectivity index (χ3n) is 2.33. The predicted octanol–water partition coefficient (Wildman–Crippen LogP) is 1.96. The number of nitrogens with zero attached hydrogens (tertiary/aromatic N) is 2. The van der Waals surface area contributed by atoms with E-state index in [0.29, 0.717) is 18.8 Å². The molecule has 1 heterocycles. The number of hydrogen-bond donors (Lipinski definition) is 2. The predicted molar refractivity (Wildman–Crippen MR) is 70.7 cm³/mol. The number of hydrogen-bond acceptors (Lipinski definition) is 4. The summed E-state index contributed by atoms with van der Waals surface area (Å²) in [5.41, 5.74) is 0. The molecule has 0 fully saturated rings. The van der Waals surface area contributed by atoms with E-state index >= 15 is 0 Å². The summed E-state index contributed by atoms with van der Waals surface area (Å²) in [5.74, 6) is 0.758. The first-order valence-corrected chi connectivity index (χ1v) is 6.41. The lowest BCUT2D eigenvalue weighted by Crippen LogP contribution is -2.33. The largest absolute Gasteiger partial charge is 0.369 e. The molecule has 0 aliphatic rings. The van der Waals surface area contributed by atoms with Crippen LogP contribution in [-0.4, -0.2) is 28.5 Å². The van der Waals surface area contributed by atoms with Crippen LogP contribution in [0.2, 0.25) is 0 Å². The summed E-state index contributed by atoms with van der Waals surface area (Å²) in [7, 11) is 0. The fourth-order valence-corrected chi connectivity index (χ4v) is 1.55. The molecule has 1 amide bonds. The zero-order valence-electron chi connectivity index (χ0n) is 10.0. The van der Waals surface area contributed by atoms with E-state index in [0.717, 1.165) is 10.9 Å². The van der Waals surface area contributed by atoms with Crippen LogP contribution in [0.4, 0.5) is 5.82 Å². The standard InChI is InChI=1S/C11H17BrN4O/c1-3-8(2)16-10(17)4-5-14-11-9(12)6-13-7-15-11/h6-8H,3-5H2,1-2H3,(H,16,17)(H,13,14,15). The number of rotatable bonds is 6. The molecule has 17 heavy (non-hydrogen) atoms. The number of aromatic nitrogens is 2. The first-order chi connectivity index (χ1) is 8.13. The van der Waals surface area contributed by atoms with Crippen molar-refractivity contribution >= 4 is 27.7 Å². The van der Waals surface area contributed by atoms with E-state index in [1.54, 1.807) is 6.20 Å². The van der Waals surface area contributed by atoms with E-state index in [9.17, 15) is 4.79 Å². The van der Waals surface area contributed by atoms with E-state index in [2.05, 4.69) is 36.5 Å². The average molecular weight is 301 g/mol. The van der Waals surface area contributed by atoms with E-state index < -0.39 is 0 Å². The van der Waals surface area contributed by atoms with Gasteiger partial charge in [-0.05, 0) is 29.3 Å². The van der Waals surface area contributed by atoms with Crippen molar-refractivity contribution in [2.75, 3.05) is 11.9 Å². The fourth-order valence-electron chi connectivity index (χ4n) is 1.19. The van der Waals surface area contributed by atoms with Crippen molar-refractivity contribution in [3.05, 3.63) is 17.0 Å². The number of halogens is 1. The van der Waals surface area contributed by atoms with E-state index in [-0.39, 0.29) is 11.9 Å². The van der Waals surface area contributed by atoms with E-state index in [1.165, 1.54) is 6.33 Å². The summed E-state index contributed by atoms with van der Waals surface area (Å²) >= 11 is 3.33. The van der Waals surface area contributed by atoms with Gasteiger partial charge >= 0.3 is 0 Å². The molecule has 0 aromatic carbocycles. The minimum Gasteiger partial charge on any atom is -0.369 e. The highest BCUT2D eigenvalue weighted by Crippen LogP contribution is 2.16. The summed E-state index contributed by atoms with van der Waals surface area (Å²) in [6.45, 7) is 4.59. The maximum atomic E-state index is 11.5. The second kappa shape index (κ2) is 7.21. The molecule has 0 aliphatic carbocycles. The molecule has 0 saturated heterocycles. The van der Waals surface area contributed by atoms with Gasteiger partial charge in [-0.3, -0.25) is 4.79 Å². The second-order valence-corrected chi connectivity index (χ2v) is 4.63. The van der Waals surface area contributed by atoms with Gasteiger partial charge in [0.15, 0.2) is 0 Å². The molecule has 0 bridgehead atoms. The van der Waals surface area contributed by atoms with Gasteiger partial charge in [0.1, 0.15) is 12.1 Å². The van der Waals surface area contributed by atoms with Crippen molar-refractivity contribution in [2.45, 2.75) is 32.7 Å². The van der Waals surface area contributed by atoms with Crippen LogP contribution in [0.3, 0.4) is 0 Å². The minimum absolute atomic E-state index is 0.0528. The maximum absolute atomic E-state index is 11.5. The number of nitrogens with one attached hydrogen (secondary N) is 2. The monoisotopic (exact) mass is 300 g/mol. The summed E-state index contributed by atoms with van der Waals surface area (Å²) in [5, 5.41) is 5.98. The zero-order chi connectivity index (χ0) is 12.7. The molecule has 0 radical (unpaired) electrons. The lowest BCUT2D eigenvalue weighted by atomic mass is 10.2. The van der Waals surface area contributed by atoms with Gasteiger partial charge in [-0.15, -0.1) is 0 Å². The van der Waals surface area contributed by atoms with Crippen molar-refractivity contribution in [1.29, 1.82) is 0 Å². The highest BCUT2D eigenvalue weighted by Gasteiger charge is 2.05. The van der Waals surface area contributed by atoms with Gasteiger partial charge in [-0.2, -0.15) is 0 Å². The Hall–Kier alpha value is -1.17. The molecule has 1 aromatic heterocycles. The highest BCUT2D eigenvalue weighted by molar-refractivity contribution is 9.10. The Bertz CT molecular complexity index is 372. The van der Waals surface area contributed by atoms with Crippen LogP contribution in [-0.2, 0) is 4.79 Å². The Morgan fingerprint density at radius 1 is 1.59 bits per heavy atom. The van der Waals surface area contributed by atoms with Crippen molar-refractivity contribution in [3.8, 4) is 0 Å². The van der Waals surface area contributed by atoms with E-state index in [1.807, 2.05) is 13.8 Å². The van der Waals surface area contributed by atoms with Crippen molar-refractivity contribution in [3.63, 3.8) is 0 Å². The molecule has 0 spiro atoms. The van der Waals surface area contributed by atoms with Crippen LogP contribution in [0, 0.1) is 0 Å². The first kappa shape index (κ1) is 13.9. The van der Waals surface area contributed by atoms with Gasteiger partial charge < -0.3 is 10.6 Å². The van der Waals surface area contributed by atoms with Crippen LogP contribution < -0.4 is 10.6 Å². The van der Waals surface area contributed by atoms with Crippen molar-refractivity contribution < 1.29 is 4.79 Å². The molecular formula is C11H17BrN4O. The molecule has 0 saturated carbocycles. The number of carbonyl (C=O) groups is 1. The highest BCUT2D eigenvalue weighted by atomic mass is 79.9. The molecule has 6 heteroatoms. The molecular weight excluding hydrogens is 284 g/mol. The molecule has 2 N–H and O–H groups in total. The average Bonchev–Trinajstić information content (AvgIpc) is 2.31. The number of anilines is 1. The van der Waals surface area contributed by atoms with Crippen LogP contribution in [0.5, 0.6) is 0 Å². The Balaban J connectivity index is 2.29. The van der Waals surface area contributed by atoms with Gasteiger partial charge in [-0.1, -0.05) is 6.92 Å². The van der Waals surface area contributed by atoms with Crippen LogP contribution >= 0.6 is 15.9 Å². The molecule has 1 rings (SSSR count). The van der Waals surface area contributed by atoms with Crippen molar-refractivity contribution in [1.82, 2.24) is 15.3 Å². The summed E-state index contributed by atoms with van der Waals surface area (Å²) in [4.78, 5) is 19.4. The molecule has 94 valence electrons. The minimum atomic E-state index is 0.0528. The number of carbonyl (C=O) groups excluding carboxylic acids is 1. The van der Waals surface area contributed by atoms with Crippen LogP contribution in [0.1, 0.15) is 26.7 Å². The van der Waals surface area contributed by atoms with Gasteiger partial charge in [0.25, 0.3) is 0 Å². The third-order valence-corrected chi connectivity index (χ3v) is 2.91. The lowest BCUT2D eigenvalue weighted by molar-refractivity contribution is -0.121. The molecule has 1 aromatic rings. The smallest absolute Gasteiger partial charge is 0.221 e. The second-order valence-electron chi connectivity index (χ2n) is 3.77. The Morgan fingerprint density at radius 3 is 3.00 bits per heavy atom. The summed E-state index contributed by atoms with van der Waals surface area (Å²) < 4.78 is 0.794. The third kappa shape index (κ3) is 5.12. The SMILES string of the molecule is CCC(C)NC(=O)CCNc1ncncc1Br. The zero-order valence-corrected chi connectivity index (χ0v) is 11.6. The quantitative estimate of drug-likeness (QED) is 0.843. The molecule has 0 aliphatic heterocycles. The first-order valence-electron chi connectivity index (χ1n) is 5.62. The fraction of sp³-hybridized carbons (Fsp3) is 0.545. The summed E-state index contributed by atoms with van der Waals surface area (Å²) in [6.07, 6.45) is 4.50. The lowest BCUT2D eigenvalue weighted by Gasteiger charge is -2.11. The Kier molecular flexibility index (Phi) is 5.90. The van der Waals surface area contributed by atoms with E-state index in [4.69, 9.17) is 0 Å². The Morgan fingerprint density at radius 2 is 2.35 bits per heavy atom. The Labute approximate surface area is 110 Å². The maximum Gasteiger partial charge on any atom is 0.221 e. The molecule has 5 nitrogen and oxygen atoms in total. The van der Waals surface area contributed by atoms with Crippen LogP contribution in [0.25, 0.3) is 0 Å². The van der Waals surface area contributed by atoms with Gasteiger partial charge in [0.05, 0.1) is 4.47 Å². The van der Waals surface area contributed by atoms with Gasteiger partial charge in [-0.25, -0.2) is 9.97 Å². The van der Waals surface area contributed by atoms with Gasteiger partial charge in [0, 0.05) is 25.2 Å². The molecule has 1 unspecified atom stereocenters.